The molecule has 1 aliphatic rings. The summed E-state index contributed by atoms with van der Waals surface area (Å²) < 4.78 is 5.50. The zero-order valence-electron chi connectivity index (χ0n) is 13.0. The Morgan fingerprint density at radius 3 is 2.65 bits per heavy atom. The summed E-state index contributed by atoms with van der Waals surface area (Å²) in [5, 5.41) is 10.6. The van der Waals surface area contributed by atoms with Gasteiger partial charge in [-0.25, -0.2) is 0 Å². The largest absolute Gasteiger partial charge is 0.502 e. The molecule has 0 radical (unpaired) electrons. The molecule has 2 aromatic rings. The van der Waals surface area contributed by atoms with Crippen molar-refractivity contribution in [1.82, 2.24) is 4.90 Å². The maximum atomic E-state index is 11.6. The van der Waals surface area contributed by atoms with E-state index in [2.05, 4.69) is 9.80 Å². The molecule has 1 aromatic carbocycles. The van der Waals surface area contributed by atoms with Crippen molar-refractivity contribution < 1.29 is 9.52 Å². The van der Waals surface area contributed by atoms with E-state index in [4.69, 9.17) is 16.0 Å². The standard InChI is InChI=1S/C17H19ClN2O3/c1-12-9-15(21)17(22)16(23-12)11-19-5-7-20(8-6-19)14-4-2-3-13(18)10-14/h2-4,9-10,22H,5-8,11H2,1H3. The Hall–Kier alpha value is -1.98. The smallest absolute Gasteiger partial charge is 0.227 e. The van der Waals surface area contributed by atoms with E-state index in [0.717, 1.165) is 36.9 Å². The molecule has 3 rings (SSSR count). The first-order chi connectivity index (χ1) is 11.0. The second kappa shape index (κ2) is 6.64. The average Bonchev–Trinajstić information content (AvgIpc) is 2.53. The van der Waals surface area contributed by atoms with Gasteiger partial charge in [0.2, 0.25) is 11.2 Å². The number of nitrogens with zero attached hydrogens (tertiary/aromatic N) is 2. The lowest BCUT2D eigenvalue weighted by Crippen LogP contribution is -2.46. The lowest BCUT2D eigenvalue weighted by molar-refractivity contribution is 0.220. The molecule has 6 heteroatoms. The number of halogens is 1. The van der Waals surface area contributed by atoms with Crippen molar-refractivity contribution in [2.24, 2.45) is 0 Å². The molecule has 0 saturated carbocycles. The summed E-state index contributed by atoms with van der Waals surface area (Å²) in [4.78, 5) is 16.1. The van der Waals surface area contributed by atoms with Crippen LogP contribution in [0.2, 0.25) is 5.02 Å². The summed E-state index contributed by atoms with van der Waals surface area (Å²) >= 11 is 6.04. The molecule has 2 heterocycles. The van der Waals surface area contributed by atoms with E-state index in [1.54, 1.807) is 6.92 Å². The Balaban J connectivity index is 1.65. The third-order valence-corrected chi connectivity index (χ3v) is 4.26. The van der Waals surface area contributed by atoms with Gasteiger partial charge >= 0.3 is 0 Å². The van der Waals surface area contributed by atoms with E-state index in [9.17, 15) is 9.90 Å². The normalized spacial score (nSPS) is 15.8. The molecule has 5 nitrogen and oxygen atoms in total. The van der Waals surface area contributed by atoms with Gasteiger partial charge in [-0.15, -0.1) is 0 Å². The van der Waals surface area contributed by atoms with Gasteiger partial charge in [-0.3, -0.25) is 9.69 Å². The topological polar surface area (TPSA) is 56.9 Å². The summed E-state index contributed by atoms with van der Waals surface area (Å²) in [6, 6.07) is 9.12. The van der Waals surface area contributed by atoms with Crippen LogP contribution in [0.4, 0.5) is 5.69 Å². The maximum Gasteiger partial charge on any atom is 0.227 e. The number of hydrogen-bond acceptors (Lipinski definition) is 5. The second-order valence-corrected chi connectivity index (χ2v) is 6.17. The van der Waals surface area contributed by atoms with Crippen molar-refractivity contribution in [2.45, 2.75) is 13.5 Å². The molecule has 23 heavy (non-hydrogen) atoms. The van der Waals surface area contributed by atoms with Gasteiger partial charge < -0.3 is 14.4 Å². The van der Waals surface area contributed by atoms with Crippen molar-refractivity contribution >= 4 is 17.3 Å². The first-order valence-electron chi connectivity index (χ1n) is 7.58. The van der Waals surface area contributed by atoms with Gasteiger partial charge in [0.15, 0.2) is 5.76 Å². The molecule has 0 atom stereocenters. The molecule has 122 valence electrons. The van der Waals surface area contributed by atoms with Crippen molar-refractivity contribution in [2.75, 3.05) is 31.1 Å². The number of aromatic hydroxyl groups is 1. The molecule has 1 fully saturated rings. The van der Waals surface area contributed by atoms with Gasteiger partial charge in [-0.2, -0.15) is 0 Å². The fraction of sp³-hybridized carbons (Fsp3) is 0.353. The van der Waals surface area contributed by atoms with Crippen LogP contribution < -0.4 is 10.3 Å². The zero-order chi connectivity index (χ0) is 16.4. The highest BCUT2D eigenvalue weighted by atomic mass is 35.5. The second-order valence-electron chi connectivity index (χ2n) is 5.74. The van der Waals surface area contributed by atoms with Crippen molar-refractivity contribution in [3.8, 4) is 5.75 Å². The Labute approximate surface area is 139 Å². The van der Waals surface area contributed by atoms with Crippen LogP contribution in [-0.4, -0.2) is 36.2 Å². The van der Waals surface area contributed by atoms with E-state index < -0.39 is 0 Å². The summed E-state index contributed by atoms with van der Waals surface area (Å²) in [7, 11) is 0. The average molecular weight is 335 g/mol. The molecule has 1 saturated heterocycles. The number of piperazine rings is 1. The number of anilines is 1. The van der Waals surface area contributed by atoms with E-state index in [1.165, 1.54) is 6.07 Å². The lowest BCUT2D eigenvalue weighted by atomic mass is 10.2. The molecule has 0 aliphatic carbocycles. The first kappa shape index (κ1) is 15.9. The van der Waals surface area contributed by atoms with Gasteiger partial charge in [-0.05, 0) is 25.1 Å². The van der Waals surface area contributed by atoms with Gasteiger partial charge in [0, 0.05) is 43.0 Å². The maximum absolute atomic E-state index is 11.6. The minimum atomic E-state index is -0.388. The van der Waals surface area contributed by atoms with E-state index >= 15 is 0 Å². The summed E-state index contributed by atoms with van der Waals surface area (Å²) in [5.74, 6) is 0.569. The quantitative estimate of drug-likeness (QED) is 0.935. The third-order valence-electron chi connectivity index (χ3n) is 4.03. The first-order valence-corrected chi connectivity index (χ1v) is 7.96. The van der Waals surface area contributed by atoms with Crippen molar-refractivity contribution in [3.05, 3.63) is 57.1 Å². The van der Waals surface area contributed by atoms with Gasteiger partial charge in [0.05, 0.1) is 6.54 Å². The SMILES string of the molecule is Cc1cc(=O)c(O)c(CN2CCN(c3cccc(Cl)c3)CC2)o1. The van der Waals surface area contributed by atoms with Crippen molar-refractivity contribution in [1.29, 1.82) is 0 Å². The van der Waals surface area contributed by atoms with Crippen LogP contribution in [0.3, 0.4) is 0 Å². The van der Waals surface area contributed by atoms with Gasteiger partial charge in [0.25, 0.3) is 0 Å². The molecular formula is C17H19ClN2O3. The zero-order valence-corrected chi connectivity index (χ0v) is 13.7. The minimum absolute atomic E-state index is 0.284. The van der Waals surface area contributed by atoms with E-state index in [0.29, 0.717) is 18.1 Å². The monoisotopic (exact) mass is 334 g/mol. The summed E-state index contributed by atoms with van der Waals surface area (Å²) in [6.07, 6.45) is 0. The highest BCUT2D eigenvalue weighted by Crippen LogP contribution is 2.22. The van der Waals surface area contributed by atoms with E-state index in [1.807, 2.05) is 24.3 Å². The third kappa shape index (κ3) is 3.68. The summed E-state index contributed by atoms with van der Waals surface area (Å²) in [5.41, 5.74) is 0.725. The lowest BCUT2D eigenvalue weighted by Gasteiger charge is -2.35. The van der Waals surface area contributed by atoms with Crippen LogP contribution in [0, 0.1) is 6.92 Å². The fourth-order valence-corrected chi connectivity index (χ4v) is 2.99. The predicted octanol–water partition coefficient (Wildman–Crippen LogP) is 2.63. The van der Waals surface area contributed by atoms with Gasteiger partial charge in [-0.1, -0.05) is 17.7 Å². The minimum Gasteiger partial charge on any atom is -0.502 e. The summed E-state index contributed by atoms with van der Waals surface area (Å²) in [6.45, 7) is 5.51. The number of benzene rings is 1. The fourth-order valence-electron chi connectivity index (χ4n) is 2.81. The van der Waals surface area contributed by atoms with Crippen LogP contribution in [0.5, 0.6) is 5.75 Å². The van der Waals surface area contributed by atoms with Crippen molar-refractivity contribution in [3.63, 3.8) is 0 Å². The highest BCUT2D eigenvalue weighted by Gasteiger charge is 2.20. The Morgan fingerprint density at radius 2 is 1.96 bits per heavy atom. The molecule has 0 amide bonds. The molecule has 0 spiro atoms. The predicted molar refractivity (Wildman–Crippen MR) is 90.3 cm³/mol. The van der Waals surface area contributed by atoms with Crippen LogP contribution in [0.1, 0.15) is 11.5 Å². The molecule has 0 bridgehead atoms. The molecule has 1 N–H and O–H groups in total. The number of aryl methyl sites for hydroxylation is 1. The molecule has 0 unspecified atom stereocenters. The van der Waals surface area contributed by atoms with E-state index in [-0.39, 0.29) is 11.2 Å². The number of rotatable bonds is 3. The van der Waals surface area contributed by atoms with Crippen LogP contribution in [0.25, 0.3) is 0 Å². The molecular weight excluding hydrogens is 316 g/mol. The molecule has 1 aromatic heterocycles. The van der Waals surface area contributed by atoms with Crippen LogP contribution >= 0.6 is 11.6 Å². The van der Waals surface area contributed by atoms with Gasteiger partial charge in [0.1, 0.15) is 5.76 Å². The van der Waals surface area contributed by atoms with Crippen LogP contribution in [0.15, 0.2) is 39.5 Å². The molecule has 1 aliphatic heterocycles. The number of hydrogen-bond donors (Lipinski definition) is 1. The highest BCUT2D eigenvalue weighted by molar-refractivity contribution is 6.30. The Bertz CT molecular complexity index is 752. The Morgan fingerprint density at radius 1 is 1.22 bits per heavy atom. The van der Waals surface area contributed by atoms with Crippen LogP contribution in [-0.2, 0) is 6.54 Å². The Kier molecular flexibility index (Phi) is 4.59.